The highest BCUT2D eigenvalue weighted by molar-refractivity contribution is 6.02. The molecule has 4 heterocycles. The van der Waals surface area contributed by atoms with E-state index in [0.717, 1.165) is 57.3 Å². The van der Waals surface area contributed by atoms with Crippen LogP contribution in [0.2, 0.25) is 0 Å². The van der Waals surface area contributed by atoms with E-state index in [1.54, 1.807) is 30.4 Å². The molecule has 2 atom stereocenters. The number of piperazine rings is 1. The number of rotatable bonds is 11. The number of benzene rings is 3. The molecule has 2 N–H and O–H groups in total. The number of carbonyl (C=O) groups is 1. The number of amides is 1. The molecule has 4 aliphatic rings. The SMILES string of the molecule is C=CC(=O)Nc1cc(Nc2cc(N3OCC[C@@H]3c3cc(F)cc(-c4cccc(F)c4)c3)ncn2)c(OC)cc1N1CCC(N2CCN(C3CC3)[C@H](C)C2)CC1. The minimum absolute atomic E-state index is 0.311. The number of carbonyl (C=O) groups excluding carboxylic acids is 1. The van der Waals surface area contributed by atoms with Gasteiger partial charge < -0.3 is 20.3 Å². The smallest absolute Gasteiger partial charge is 0.247 e. The standard InChI is InChI=1S/C42H48F2N8O3/c1-4-42(53)48-35-22-36(39(54-3)23-38(35)49-13-10-33(11-14-49)50-15-16-51(27(2)25-50)34-8-9-34)47-40-24-41(46-26-45-40)52-37(12-17-55-52)30-18-29(20-32(44)21-30)28-6-5-7-31(43)19-28/h4-7,18-24,26-27,33-34,37H,1,8-17,25H2,2-3H3,(H,48,53)(H,45,46,47)/t27-,37-/m1/s1. The van der Waals surface area contributed by atoms with Crippen LogP contribution in [0.1, 0.15) is 50.6 Å². The summed E-state index contributed by atoms with van der Waals surface area (Å²) in [6, 6.07) is 18.0. The van der Waals surface area contributed by atoms with Gasteiger partial charge in [-0.3, -0.25) is 19.4 Å². The van der Waals surface area contributed by atoms with Gasteiger partial charge in [-0.1, -0.05) is 18.7 Å². The van der Waals surface area contributed by atoms with Crippen molar-refractivity contribution in [2.45, 2.75) is 63.2 Å². The van der Waals surface area contributed by atoms with Crippen LogP contribution in [0.5, 0.6) is 5.75 Å². The van der Waals surface area contributed by atoms with Crippen molar-refractivity contribution in [3.05, 3.63) is 96.8 Å². The average molecular weight is 751 g/mol. The Bertz CT molecular complexity index is 2040. The fourth-order valence-electron chi connectivity index (χ4n) is 8.44. The summed E-state index contributed by atoms with van der Waals surface area (Å²) in [6.45, 7) is 11.6. The van der Waals surface area contributed by atoms with Gasteiger partial charge in [-0.25, -0.2) is 23.8 Å². The summed E-state index contributed by atoms with van der Waals surface area (Å²) in [4.78, 5) is 35.4. The zero-order chi connectivity index (χ0) is 38.1. The molecule has 0 unspecified atom stereocenters. The molecular weight excluding hydrogens is 703 g/mol. The Hall–Kier alpha value is -5.11. The summed E-state index contributed by atoms with van der Waals surface area (Å²) in [6.07, 6.45) is 8.06. The monoisotopic (exact) mass is 750 g/mol. The van der Waals surface area contributed by atoms with E-state index in [2.05, 4.69) is 48.8 Å². The number of hydroxylamine groups is 1. The van der Waals surface area contributed by atoms with E-state index in [-0.39, 0.29) is 17.8 Å². The van der Waals surface area contributed by atoms with Gasteiger partial charge >= 0.3 is 0 Å². The number of hydrogen-bond donors (Lipinski definition) is 2. The predicted octanol–water partition coefficient (Wildman–Crippen LogP) is 7.32. The lowest BCUT2D eigenvalue weighted by molar-refractivity contribution is -0.111. The molecule has 1 amide bonds. The number of piperidine rings is 1. The zero-order valence-electron chi connectivity index (χ0n) is 31.4. The van der Waals surface area contributed by atoms with Crippen LogP contribution in [0, 0.1) is 11.6 Å². The maximum Gasteiger partial charge on any atom is 0.247 e. The molecule has 1 saturated carbocycles. The molecule has 0 spiro atoms. The van der Waals surface area contributed by atoms with Gasteiger partial charge in [0.1, 0.15) is 29.5 Å². The van der Waals surface area contributed by atoms with Gasteiger partial charge in [-0.15, -0.1) is 0 Å². The van der Waals surface area contributed by atoms with Gasteiger partial charge in [-0.2, -0.15) is 0 Å². The molecule has 3 aromatic carbocycles. The Balaban J connectivity index is 1.00. The third-order valence-corrected chi connectivity index (χ3v) is 11.3. The highest BCUT2D eigenvalue weighted by Crippen LogP contribution is 2.41. The number of hydrogen-bond acceptors (Lipinski definition) is 10. The van der Waals surface area contributed by atoms with E-state index >= 15 is 0 Å². The molecule has 3 aliphatic heterocycles. The van der Waals surface area contributed by atoms with Gasteiger partial charge in [0.15, 0.2) is 5.82 Å². The third kappa shape index (κ3) is 8.14. The van der Waals surface area contributed by atoms with Crippen molar-refractivity contribution in [1.29, 1.82) is 0 Å². The maximum absolute atomic E-state index is 15.0. The van der Waals surface area contributed by atoms with Crippen molar-refractivity contribution in [2.24, 2.45) is 0 Å². The third-order valence-electron chi connectivity index (χ3n) is 11.3. The molecule has 1 aromatic heterocycles. The molecule has 8 rings (SSSR count). The number of ether oxygens (including phenoxy) is 1. The lowest BCUT2D eigenvalue weighted by atomic mass is 9.97. The first kappa shape index (κ1) is 36.8. The van der Waals surface area contributed by atoms with Crippen molar-refractivity contribution in [2.75, 3.05) is 67.0 Å². The van der Waals surface area contributed by atoms with Crippen LogP contribution in [-0.4, -0.2) is 90.2 Å². The Morgan fingerprint density at radius 1 is 0.909 bits per heavy atom. The van der Waals surface area contributed by atoms with Crippen LogP contribution in [0.25, 0.3) is 11.1 Å². The second kappa shape index (κ2) is 15.9. The lowest BCUT2D eigenvalue weighted by Crippen LogP contribution is -2.57. The molecule has 4 fully saturated rings. The molecular formula is C42H48F2N8O3. The van der Waals surface area contributed by atoms with E-state index in [1.165, 1.54) is 49.5 Å². The summed E-state index contributed by atoms with van der Waals surface area (Å²) in [5, 5.41) is 8.03. The minimum Gasteiger partial charge on any atom is -0.494 e. The summed E-state index contributed by atoms with van der Waals surface area (Å²) in [7, 11) is 1.62. The first-order valence-electron chi connectivity index (χ1n) is 19.2. The molecule has 288 valence electrons. The molecule has 13 heteroatoms. The fourth-order valence-corrected chi connectivity index (χ4v) is 8.44. The van der Waals surface area contributed by atoms with E-state index < -0.39 is 5.82 Å². The van der Waals surface area contributed by atoms with E-state index in [4.69, 9.17) is 9.57 Å². The maximum atomic E-state index is 15.0. The fraction of sp³-hybridized carbons (Fsp3) is 0.405. The highest BCUT2D eigenvalue weighted by atomic mass is 19.1. The number of halogens is 2. The number of methoxy groups -OCH3 is 1. The van der Waals surface area contributed by atoms with Crippen molar-refractivity contribution < 1.29 is 23.1 Å². The van der Waals surface area contributed by atoms with Gasteiger partial charge in [0, 0.05) is 69.4 Å². The quantitative estimate of drug-likeness (QED) is 0.152. The average Bonchev–Trinajstić information content (AvgIpc) is 3.92. The first-order chi connectivity index (χ1) is 26.8. The lowest BCUT2D eigenvalue weighted by Gasteiger charge is -2.46. The Kier molecular flexibility index (Phi) is 10.7. The number of nitrogens with zero attached hydrogens (tertiary/aromatic N) is 6. The van der Waals surface area contributed by atoms with E-state index in [9.17, 15) is 13.6 Å². The van der Waals surface area contributed by atoms with Crippen LogP contribution in [0.15, 0.2) is 79.6 Å². The number of aromatic nitrogens is 2. The summed E-state index contributed by atoms with van der Waals surface area (Å²) in [5.74, 6) is 0.388. The minimum atomic E-state index is -0.426. The summed E-state index contributed by atoms with van der Waals surface area (Å²) < 4.78 is 34.9. The number of anilines is 5. The van der Waals surface area contributed by atoms with E-state index in [1.807, 2.05) is 18.2 Å². The van der Waals surface area contributed by atoms with Crippen LogP contribution in [0.3, 0.4) is 0 Å². The van der Waals surface area contributed by atoms with Crippen molar-refractivity contribution in [1.82, 2.24) is 19.8 Å². The van der Waals surface area contributed by atoms with Crippen molar-refractivity contribution in [3.8, 4) is 16.9 Å². The van der Waals surface area contributed by atoms with Crippen LogP contribution < -0.4 is 25.3 Å². The van der Waals surface area contributed by atoms with Crippen LogP contribution >= 0.6 is 0 Å². The molecule has 0 radical (unpaired) electrons. The Morgan fingerprint density at radius 3 is 2.47 bits per heavy atom. The van der Waals surface area contributed by atoms with Crippen LogP contribution in [-0.2, 0) is 9.63 Å². The van der Waals surface area contributed by atoms with Crippen molar-refractivity contribution >= 4 is 34.6 Å². The predicted molar refractivity (Wildman–Crippen MR) is 211 cm³/mol. The largest absolute Gasteiger partial charge is 0.494 e. The topological polar surface area (TPSA) is 98.3 Å². The highest BCUT2D eigenvalue weighted by Gasteiger charge is 2.38. The molecule has 0 bridgehead atoms. The van der Waals surface area contributed by atoms with Crippen LogP contribution in [0.4, 0.5) is 37.5 Å². The summed E-state index contributed by atoms with van der Waals surface area (Å²) in [5.41, 5.74) is 3.95. The molecule has 11 nitrogen and oxygen atoms in total. The molecule has 1 aliphatic carbocycles. The second-order valence-electron chi connectivity index (χ2n) is 14.9. The molecule has 55 heavy (non-hydrogen) atoms. The summed E-state index contributed by atoms with van der Waals surface area (Å²) >= 11 is 0. The Morgan fingerprint density at radius 2 is 1.73 bits per heavy atom. The van der Waals surface area contributed by atoms with E-state index in [0.29, 0.717) is 70.6 Å². The molecule has 3 saturated heterocycles. The second-order valence-corrected chi connectivity index (χ2v) is 14.9. The van der Waals surface area contributed by atoms with Gasteiger partial charge in [0.25, 0.3) is 0 Å². The van der Waals surface area contributed by atoms with Gasteiger partial charge in [-0.05, 0) is 91.8 Å². The number of nitrogens with one attached hydrogen (secondary N) is 2. The van der Waals surface area contributed by atoms with Gasteiger partial charge in [0.05, 0.1) is 36.8 Å². The Labute approximate surface area is 320 Å². The van der Waals surface area contributed by atoms with Crippen molar-refractivity contribution in [3.63, 3.8) is 0 Å². The molecule has 4 aromatic rings. The zero-order valence-corrected chi connectivity index (χ0v) is 31.4. The van der Waals surface area contributed by atoms with Gasteiger partial charge in [0.2, 0.25) is 5.91 Å². The first-order valence-corrected chi connectivity index (χ1v) is 19.2. The normalized spacial score (nSPS) is 21.1.